The van der Waals surface area contributed by atoms with Crippen molar-refractivity contribution in [2.24, 2.45) is 5.92 Å². The Morgan fingerprint density at radius 3 is 2.55 bits per heavy atom. The average Bonchev–Trinajstić information content (AvgIpc) is 3.16. The molecule has 162 valence electrons. The Morgan fingerprint density at radius 1 is 1.03 bits per heavy atom. The Labute approximate surface area is 175 Å². The van der Waals surface area contributed by atoms with E-state index in [9.17, 15) is 8.42 Å². The molecule has 0 spiro atoms. The van der Waals surface area contributed by atoms with Gasteiger partial charge < -0.3 is 4.74 Å². The summed E-state index contributed by atoms with van der Waals surface area (Å²) >= 11 is 0. The van der Waals surface area contributed by atoms with Crippen LogP contribution in [0.3, 0.4) is 0 Å². The van der Waals surface area contributed by atoms with Crippen molar-refractivity contribution in [1.29, 1.82) is 0 Å². The summed E-state index contributed by atoms with van der Waals surface area (Å²) in [4.78, 5) is 5.32. The molecule has 0 aromatic heterocycles. The molecule has 7 heteroatoms. The van der Waals surface area contributed by atoms with Gasteiger partial charge in [0.15, 0.2) is 0 Å². The number of sulfonamides is 1. The second-order valence-corrected chi connectivity index (χ2v) is 11.1. The summed E-state index contributed by atoms with van der Waals surface area (Å²) in [5.41, 5.74) is 2.53. The van der Waals surface area contributed by atoms with Crippen LogP contribution >= 0.6 is 0 Å². The second kappa shape index (κ2) is 9.02. The Morgan fingerprint density at radius 2 is 1.79 bits per heavy atom. The molecule has 1 aromatic carbocycles. The highest BCUT2D eigenvalue weighted by molar-refractivity contribution is 7.89. The fourth-order valence-electron chi connectivity index (χ4n) is 4.87. The van der Waals surface area contributed by atoms with Crippen LogP contribution in [0.1, 0.15) is 31.4 Å². The first-order chi connectivity index (χ1) is 13.9. The Balaban J connectivity index is 1.31. The van der Waals surface area contributed by atoms with Crippen LogP contribution in [0.2, 0.25) is 0 Å². The van der Waals surface area contributed by atoms with E-state index in [-0.39, 0.29) is 6.10 Å². The van der Waals surface area contributed by atoms with Gasteiger partial charge in [-0.15, -0.1) is 0 Å². The third-order valence-corrected chi connectivity index (χ3v) is 8.24. The number of piperazine rings is 1. The smallest absolute Gasteiger partial charge is 0.243 e. The second-order valence-electron chi connectivity index (χ2n) is 9.13. The van der Waals surface area contributed by atoms with Gasteiger partial charge in [-0.25, -0.2) is 8.42 Å². The number of benzene rings is 1. The summed E-state index contributed by atoms with van der Waals surface area (Å²) < 4.78 is 33.9. The quantitative estimate of drug-likeness (QED) is 0.702. The van der Waals surface area contributed by atoms with Gasteiger partial charge in [0.05, 0.1) is 17.6 Å². The largest absolute Gasteiger partial charge is 0.374 e. The minimum absolute atomic E-state index is 0.224. The van der Waals surface area contributed by atoms with Crippen molar-refractivity contribution >= 4 is 10.0 Å². The molecule has 2 aliphatic heterocycles. The lowest BCUT2D eigenvalue weighted by Crippen LogP contribution is -2.53. The molecule has 3 aliphatic rings. The molecule has 4 rings (SSSR count). The highest BCUT2D eigenvalue weighted by Gasteiger charge is 2.31. The van der Waals surface area contributed by atoms with Gasteiger partial charge in [-0.3, -0.25) is 9.80 Å². The third-order valence-electron chi connectivity index (χ3n) is 6.35. The molecule has 0 saturated carbocycles. The molecule has 2 saturated heterocycles. The Bertz CT molecular complexity index is 804. The fourth-order valence-corrected chi connectivity index (χ4v) is 6.34. The Hall–Kier alpha value is -0.990. The van der Waals surface area contributed by atoms with E-state index in [0.717, 1.165) is 65.1 Å². The standard InChI is InChI=1S/C22H35N3O3S/c1-18(2)15-24-12-13-28-21(17-24)16-23-8-10-25(11-9-23)29(26,27)22-7-6-19-4-3-5-20(19)14-22/h6-7,14,18,21H,3-5,8-13,15-17H2,1-2H3/t21-/m0/s1. The van der Waals surface area contributed by atoms with Crippen molar-refractivity contribution in [3.63, 3.8) is 0 Å². The molecule has 6 nitrogen and oxygen atoms in total. The molecule has 0 amide bonds. The maximum absolute atomic E-state index is 13.1. The average molecular weight is 422 g/mol. The highest BCUT2D eigenvalue weighted by Crippen LogP contribution is 2.26. The maximum Gasteiger partial charge on any atom is 0.243 e. The van der Waals surface area contributed by atoms with Crippen LogP contribution < -0.4 is 0 Å². The molecule has 0 N–H and O–H groups in total. The Kier molecular flexibility index (Phi) is 6.61. The van der Waals surface area contributed by atoms with Crippen molar-refractivity contribution in [1.82, 2.24) is 14.1 Å². The van der Waals surface area contributed by atoms with Gasteiger partial charge in [0.1, 0.15) is 0 Å². The normalized spacial score (nSPS) is 24.9. The van der Waals surface area contributed by atoms with Crippen LogP contribution in [0, 0.1) is 5.92 Å². The molecule has 2 fully saturated rings. The zero-order valence-electron chi connectivity index (χ0n) is 17.8. The topological polar surface area (TPSA) is 53.1 Å². The molecular weight excluding hydrogens is 386 g/mol. The number of rotatable bonds is 6. The number of aryl methyl sites for hydroxylation is 2. The number of morpholine rings is 1. The van der Waals surface area contributed by atoms with Gasteiger partial charge in [-0.1, -0.05) is 19.9 Å². The van der Waals surface area contributed by atoms with E-state index in [1.807, 2.05) is 12.1 Å². The van der Waals surface area contributed by atoms with E-state index in [1.165, 1.54) is 11.1 Å². The van der Waals surface area contributed by atoms with Crippen LogP contribution in [0.5, 0.6) is 0 Å². The van der Waals surface area contributed by atoms with Crippen LogP contribution in [-0.4, -0.2) is 87.6 Å². The predicted molar refractivity (Wildman–Crippen MR) is 115 cm³/mol. The zero-order valence-corrected chi connectivity index (χ0v) is 18.7. The van der Waals surface area contributed by atoms with Crippen molar-refractivity contribution in [3.8, 4) is 0 Å². The van der Waals surface area contributed by atoms with Gasteiger partial charge >= 0.3 is 0 Å². The lowest BCUT2D eigenvalue weighted by molar-refractivity contribution is -0.0486. The molecule has 29 heavy (non-hydrogen) atoms. The van der Waals surface area contributed by atoms with E-state index in [0.29, 0.717) is 23.9 Å². The van der Waals surface area contributed by atoms with Crippen molar-refractivity contribution in [2.45, 2.75) is 44.1 Å². The van der Waals surface area contributed by atoms with Gasteiger partial charge in [0, 0.05) is 52.4 Å². The minimum atomic E-state index is -3.40. The summed E-state index contributed by atoms with van der Waals surface area (Å²) in [5.74, 6) is 0.668. The van der Waals surface area contributed by atoms with Gasteiger partial charge in [-0.2, -0.15) is 4.31 Å². The summed E-state index contributed by atoms with van der Waals surface area (Å²) in [6.07, 6.45) is 3.44. The number of nitrogens with zero attached hydrogens (tertiary/aromatic N) is 3. The van der Waals surface area contributed by atoms with E-state index in [1.54, 1.807) is 10.4 Å². The molecule has 1 atom stereocenters. The highest BCUT2D eigenvalue weighted by atomic mass is 32.2. The zero-order chi connectivity index (χ0) is 20.4. The van der Waals surface area contributed by atoms with Crippen LogP contribution in [0.25, 0.3) is 0 Å². The molecule has 2 heterocycles. The van der Waals surface area contributed by atoms with Crippen LogP contribution in [0.4, 0.5) is 0 Å². The molecule has 0 bridgehead atoms. The predicted octanol–water partition coefficient (Wildman–Crippen LogP) is 1.84. The molecule has 0 radical (unpaired) electrons. The molecule has 1 aliphatic carbocycles. The van der Waals surface area contributed by atoms with E-state index >= 15 is 0 Å². The molecule has 1 aromatic rings. The first-order valence-electron chi connectivity index (χ1n) is 11.1. The number of fused-ring (bicyclic) bond motifs is 1. The number of hydrogen-bond acceptors (Lipinski definition) is 5. The molecule has 0 unspecified atom stereocenters. The minimum Gasteiger partial charge on any atom is -0.374 e. The first-order valence-corrected chi connectivity index (χ1v) is 12.5. The maximum atomic E-state index is 13.1. The van der Waals surface area contributed by atoms with Crippen LogP contribution in [-0.2, 0) is 27.6 Å². The van der Waals surface area contributed by atoms with Gasteiger partial charge in [0.25, 0.3) is 0 Å². The molecular formula is C22H35N3O3S. The van der Waals surface area contributed by atoms with Crippen molar-refractivity contribution in [3.05, 3.63) is 29.3 Å². The summed E-state index contributed by atoms with van der Waals surface area (Å²) in [6.45, 7) is 12.0. The van der Waals surface area contributed by atoms with E-state index < -0.39 is 10.0 Å². The SMILES string of the molecule is CC(C)CN1CCO[C@@H](CN2CCN(S(=O)(=O)c3ccc4c(c3)CCC4)CC2)C1. The fraction of sp³-hybridized carbons (Fsp3) is 0.727. The summed E-state index contributed by atoms with van der Waals surface area (Å²) in [5, 5.41) is 0. The van der Waals surface area contributed by atoms with Crippen molar-refractivity contribution in [2.75, 3.05) is 59.0 Å². The number of hydrogen-bond donors (Lipinski definition) is 0. The van der Waals surface area contributed by atoms with Crippen LogP contribution in [0.15, 0.2) is 23.1 Å². The summed E-state index contributed by atoms with van der Waals surface area (Å²) in [7, 11) is -3.40. The van der Waals surface area contributed by atoms with E-state index in [2.05, 4.69) is 23.6 Å². The lowest BCUT2D eigenvalue weighted by Gasteiger charge is -2.39. The first kappa shape index (κ1) is 21.2. The third kappa shape index (κ3) is 5.02. The number of ether oxygens (including phenoxy) is 1. The lowest BCUT2D eigenvalue weighted by atomic mass is 10.1. The van der Waals surface area contributed by atoms with Crippen molar-refractivity contribution < 1.29 is 13.2 Å². The van der Waals surface area contributed by atoms with Gasteiger partial charge in [0.2, 0.25) is 10.0 Å². The monoisotopic (exact) mass is 421 g/mol. The van der Waals surface area contributed by atoms with E-state index in [4.69, 9.17) is 4.74 Å². The van der Waals surface area contributed by atoms with Gasteiger partial charge in [-0.05, 0) is 48.4 Å². The summed E-state index contributed by atoms with van der Waals surface area (Å²) in [6, 6.07) is 5.71.